The summed E-state index contributed by atoms with van der Waals surface area (Å²) in [4.78, 5) is 54.2. The van der Waals surface area contributed by atoms with Gasteiger partial charge in [-0.05, 0) is 46.2 Å². The van der Waals surface area contributed by atoms with Crippen LogP contribution >= 0.6 is 0 Å². The molecule has 9 nitrogen and oxygen atoms in total. The van der Waals surface area contributed by atoms with Crippen molar-refractivity contribution in [3.8, 4) is 11.1 Å². The topological polar surface area (TPSA) is 125 Å². The number of hydrogen-bond acceptors (Lipinski definition) is 5. The van der Waals surface area contributed by atoms with Crippen molar-refractivity contribution in [2.45, 2.75) is 49.7 Å². The quantitative estimate of drug-likeness (QED) is 0.216. The number of amides is 3. The molecule has 4 aromatic carbocycles. The van der Waals surface area contributed by atoms with E-state index in [-0.39, 0.29) is 25.4 Å². The van der Waals surface area contributed by atoms with Crippen LogP contribution in [0.2, 0.25) is 0 Å². The van der Waals surface area contributed by atoms with E-state index >= 15 is 0 Å². The van der Waals surface area contributed by atoms with Crippen LogP contribution in [-0.4, -0.2) is 65.2 Å². The molecule has 240 valence electrons. The molecule has 0 spiro atoms. The van der Waals surface area contributed by atoms with E-state index in [0.29, 0.717) is 19.4 Å². The maximum absolute atomic E-state index is 13.7. The van der Waals surface area contributed by atoms with E-state index < -0.39 is 42.0 Å². The predicted molar refractivity (Wildman–Crippen MR) is 177 cm³/mol. The Labute approximate surface area is 273 Å². The zero-order valence-corrected chi connectivity index (χ0v) is 25.9. The van der Waals surface area contributed by atoms with E-state index in [2.05, 4.69) is 22.8 Å². The first-order valence-electron chi connectivity index (χ1n) is 15.9. The van der Waals surface area contributed by atoms with Gasteiger partial charge in [-0.15, -0.1) is 0 Å². The minimum absolute atomic E-state index is 0.0894. The summed E-state index contributed by atoms with van der Waals surface area (Å²) in [6.07, 6.45) is 0.680. The molecular weight excluding hydrogens is 594 g/mol. The molecule has 2 aliphatic rings. The number of ether oxygens (including phenoxy) is 1. The molecule has 9 heteroatoms. The highest BCUT2D eigenvalue weighted by Crippen LogP contribution is 2.44. The van der Waals surface area contributed by atoms with Gasteiger partial charge in [-0.3, -0.25) is 14.5 Å². The largest absolute Gasteiger partial charge is 0.480 e. The Morgan fingerprint density at radius 3 is 1.83 bits per heavy atom. The minimum Gasteiger partial charge on any atom is -0.480 e. The van der Waals surface area contributed by atoms with Crippen molar-refractivity contribution in [1.29, 1.82) is 0 Å². The number of aliphatic carboxylic acids is 1. The van der Waals surface area contributed by atoms with Gasteiger partial charge in [0.05, 0.1) is 0 Å². The molecule has 1 aliphatic carbocycles. The summed E-state index contributed by atoms with van der Waals surface area (Å²) in [6.45, 7) is 0.483. The van der Waals surface area contributed by atoms with Crippen LogP contribution < -0.4 is 10.6 Å². The van der Waals surface area contributed by atoms with Crippen molar-refractivity contribution in [2.24, 2.45) is 0 Å². The van der Waals surface area contributed by atoms with Crippen LogP contribution in [0.25, 0.3) is 11.1 Å². The van der Waals surface area contributed by atoms with E-state index in [9.17, 15) is 24.3 Å². The Hall–Kier alpha value is -5.44. The first-order valence-corrected chi connectivity index (χ1v) is 15.9. The summed E-state index contributed by atoms with van der Waals surface area (Å²) in [5.74, 6) is -2.39. The lowest BCUT2D eigenvalue weighted by atomic mass is 9.98. The molecule has 47 heavy (non-hydrogen) atoms. The third-order valence-corrected chi connectivity index (χ3v) is 8.94. The van der Waals surface area contributed by atoms with Gasteiger partial charge in [-0.1, -0.05) is 109 Å². The smallest absolute Gasteiger partial charge is 0.410 e. The Balaban J connectivity index is 1.13. The number of nitrogens with zero attached hydrogens (tertiary/aromatic N) is 1. The van der Waals surface area contributed by atoms with Crippen LogP contribution in [0.15, 0.2) is 109 Å². The highest BCUT2D eigenvalue weighted by Gasteiger charge is 2.38. The summed E-state index contributed by atoms with van der Waals surface area (Å²) in [5.41, 5.74) is 5.99. The summed E-state index contributed by atoms with van der Waals surface area (Å²) in [5, 5.41) is 15.3. The van der Waals surface area contributed by atoms with Crippen molar-refractivity contribution < 1.29 is 29.0 Å². The molecule has 3 N–H and O–H groups in total. The summed E-state index contributed by atoms with van der Waals surface area (Å²) >= 11 is 0. The molecule has 3 amide bonds. The molecule has 1 saturated heterocycles. The lowest BCUT2D eigenvalue weighted by molar-refractivity contribution is -0.142. The third kappa shape index (κ3) is 7.19. The van der Waals surface area contributed by atoms with Crippen molar-refractivity contribution in [1.82, 2.24) is 15.5 Å². The van der Waals surface area contributed by atoms with E-state index in [1.54, 1.807) is 24.3 Å². The van der Waals surface area contributed by atoms with Gasteiger partial charge in [0, 0.05) is 25.3 Å². The van der Waals surface area contributed by atoms with Gasteiger partial charge >= 0.3 is 12.1 Å². The Kier molecular flexibility index (Phi) is 9.61. The number of fused-ring (bicyclic) bond motifs is 3. The molecule has 0 aromatic heterocycles. The van der Waals surface area contributed by atoms with E-state index in [1.807, 2.05) is 72.8 Å². The first-order chi connectivity index (χ1) is 22.9. The van der Waals surface area contributed by atoms with Gasteiger partial charge in [-0.25, -0.2) is 9.59 Å². The number of benzene rings is 4. The number of likely N-dealkylation sites (tertiary alicyclic amines) is 1. The molecule has 0 saturated carbocycles. The fourth-order valence-electron chi connectivity index (χ4n) is 6.58. The first kappa shape index (κ1) is 31.5. The zero-order valence-electron chi connectivity index (χ0n) is 25.9. The van der Waals surface area contributed by atoms with Crippen LogP contribution in [0.3, 0.4) is 0 Å². The van der Waals surface area contributed by atoms with Crippen LogP contribution in [0.5, 0.6) is 0 Å². The number of nitrogens with one attached hydrogen (secondary N) is 2. The number of carboxylic acids is 1. The fourth-order valence-corrected chi connectivity index (χ4v) is 6.58. The summed E-state index contributed by atoms with van der Waals surface area (Å²) in [7, 11) is 0. The number of hydrogen-bond donors (Lipinski definition) is 3. The average molecular weight is 632 g/mol. The van der Waals surface area contributed by atoms with Crippen molar-refractivity contribution in [2.75, 3.05) is 13.2 Å². The third-order valence-electron chi connectivity index (χ3n) is 8.94. The molecule has 3 atom stereocenters. The number of carbonyl (C=O) groups is 4. The maximum atomic E-state index is 13.7. The van der Waals surface area contributed by atoms with E-state index in [4.69, 9.17) is 4.74 Å². The van der Waals surface area contributed by atoms with Crippen molar-refractivity contribution >= 4 is 23.9 Å². The lowest BCUT2D eigenvalue weighted by Crippen LogP contribution is -2.56. The SMILES string of the molecule is O=C(O)C(Cc1ccccc1)NC(=O)C(Cc1ccccc1)NC(=O)C1CCCN1C(=O)OCC1c2ccccc2-c2ccccc21. The predicted octanol–water partition coefficient (Wildman–Crippen LogP) is 4.94. The van der Waals surface area contributed by atoms with Gasteiger partial charge in [0.2, 0.25) is 11.8 Å². The molecular formula is C38H37N3O6. The number of carboxylic acid groups (broad SMARTS) is 1. The Morgan fingerprint density at radius 1 is 0.723 bits per heavy atom. The number of carbonyl (C=O) groups excluding carboxylic acids is 3. The molecule has 6 rings (SSSR count). The van der Waals surface area contributed by atoms with Gasteiger partial charge in [0.25, 0.3) is 0 Å². The van der Waals surface area contributed by atoms with Gasteiger partial charge < -0.3 is 20.5 Å². The summed E-state index contributed by atoms with van der Waals surface area (Å²) in [6, 6.07) is 31.3. The van der Waals surface area contributed by atoms with Crippen LogP contribution in [-0.2, 0) is 32.0 Å². The molecule has 0 bridgehead atoms. The van der Waals surface area contributed by atoms with Crippen molar-refractivity contribution in [3.63, 3.8) is 0 Å². The van der Waals surface area contributed by atoms with Crippen LogP contribution in [0.4, 0.5) is 4.79 Å². The Bertz CT molecular complexity index is 1700. The molecule has 4 aromatic rings. The second kappa shape index (κ2) is 14.3. The van der Waals surface area contributed by atoms with Gasteiger partial charge in [0.1, 0.15) is 24.7 Å². The monoisotopic (exact) mass is 631 g/mol. The minimum atomic E-state index is -1.19. The normalized spacial score (nSPS) is 16.4. The fraction of sp³-hybridized carbons (Fsp3) is 0.263. The zero-order chi connectivity index (χ0) is 32.8. The maximum Gasteiger partial charge on any atom is 0.410 e. The van der Waals surface area contributed by atoms with Crippen LogP contribution in [0, 0.1) is 0 Å². The lowest BCUT2D eigenvalue weighted by Gasteiger charge is -2.27. The molecule has 3 unspecified atom stereocenters. The van der Waals surface area contributed by atoms with Crippen LogP contribution in [0.1, 0.15) is 41.0 Å². The highest BCUT2D eigenvalue weighted by atomic mass is 16.6. The second-order valence-corrected chi connectivity index (χ2v) is 12.0. The summed E-state index contributed by atoms with van der Waals surface area (Å²) < 4.78 is 5.85. The number of rotatable bonds is 11. The van der Waals surface area contributed by atoms with Gasteiger partial charge in [0.15, 0.2) is 0 Å². The van der Waals surface area contributed by atoms with Gasteiger partial charge in [-0.2, -0.15) is 0 Å². The van der Waals surface area contributed by atoms with E-state index in [0.717, 1.165) is 33.4 Å². The van der Waals surface area contributed by atoms with E-state index in [1.165, 1.54) is 4.90 Å². The van der Waals surface area contributed by atoms with Crippen molar-refractivity contribution in [3.05, 3.63) is 131 Å². The Morgan fingerprint density at radius 2 is 1.26 bits per heavy atom. The highest BCUT2D eigenvalue weighted by molar-refractivity contribution is 5.93. The molecule has 1 heterocycles. The standard InChI is InChI=1S/C38H37N3O6/c42-35(40-33(37(44)45)23-26-14-5-2-6-15-26)32(22-25-12-3-1-4-13-25)39-36(43)34-20-11-21-41(34)38(46)47-24-31-29-18-9-7-16-27(29)28-17-8-10-19-30(28)31/h1-10,12-19,31-34H,11,20-24H2,(H,39,43)(H,40,42)(H,44,45). The molecule has 1 aliphatic heterocycles. The second-order valence-electron chi connectivity index (χ2n) is 12.0. The molecule has 0 radical (unpaired) electrons. The average Bonchev–Trinajstić information content (AvgIpc) is 3.71. The molecule has 1 fully saturated rings.